The number of aromatic carboxylic acids is 1. The summed E-state index contributed by atoms with van der Waals surface area (Å²) in [4.78, 5) is 23.8. The SMILES string of the molecule is CC(C)(C)OC(=O)NCC(=Cc1ccc(Cl)cc1C(=O)O)B1OC(C)(C)C(C)(C)O1. The van der Waals surface area contributed by atoms with Gasteiger partial charge in [-0.05, 0) is 71.6 Å². The van der Waals surface area contributed by atoms with Crippen molar-refractivity contribution in [2.45, 2.75) is 65.3 Å². The Morgan fingerprint density at radius 3 is 2.27 bits per heavy atom. The van der Waals surface area contributed by atoms with E-state index in [-0.39, 0.29) is 12.1 Å². The van der Waals surface area contributed by atoms with Crippen molar-refractivity contribution in [1.29, 1.82) is 0 Å². The molecule has 1 aromatic rings. The lowest BCUT2D eigenvalue weighted by molar-refractivity contribution is 0.00578. The van der Waals surface area contributed by atoms with E-state index >= 15 is 0 Å². The quantitative estimate of drug-likeness (QED) is 0.655. The van der Waals surface area contributed by atoms with Crippen molar-refractivity contribution in [3.8, 4) is 0 Å². The molecule has 2 rings (SSSR count). The van der Waals surface area contributed by atoms with Gasteiger partial charge < -0.3 is 24.5 Å². The fourth-order valence-corrected chi connectivity index (χ4v) is 2.90. The first kappa shape index (κ1) is 24.2. The second-order valence-corrected chi connectivity index (χ2v) is 9.64. The Balaban J connectivity index is 2.39. The van der Waals surface area contributed by atoms with E-state index in [1.807, 2.05) is 27.7 Å². The number of carboxylic acid groups (broad SMARTS) is 1. The second-order valence-electron chi connectivity index (χ2n) is 9.20. The summed E-state index contributed by atoms with van der Waals surface area (Å²) >= 11 is 5.96. The number of ether oxygens (including phenoxy) is 1. The molecule has 30 heavy (non-hydrogen) atoms. The second kappa shape index (κ2) is 8.61. The normalized spacial score (nSPS) is 18.3. The molecule has 0 atom stereocenters. The highest BCUT2D eigenvalue weighted by Gasteiger charge is 2.52. The minimum absolute atomic E-state index is 0.0359. The standard InChI is InChI=1S/C21H29BClNO6/c1-19(2,3)28-18(27)24-12-14(22-29-20(4,5)21(6,7)30-22)10-13-8-9-15(23)11-16(13)17(25)26/h8-11H,12H2,1-7H3,(H,24,27)(H,25,26). The van der Waals surface area contributed by atoms with E-state index in [4.69, 9.17) is 25.6 Å². The summed E-state index contributed by atoms with van der Waals surface area (Å²) in [5.74, 6) is -1.11. The summed E-state index contributed by atoms with van der Waals surface area (Å²) in [6.45, 7) is 13.0. The van der Waals surface area contributed by atoms with Gasteiger partial charge in [0, 0.05) is 11.6 Å². The van der Waals surface area contributed by atoms with Gasteiger partial charge in [-0.3, -0.25) is 0 Å². The van der Waals surface area contributed by atoms with E-state index in [1.165, 1.54) is 6.07 Å². The zero-order chi connectivity index (χ0) is 22.9. The Labute approximate surface area is 182 Å². The van der Waals surface area contributed by atoms with Crippen LogP contribution in [0.5, 0.6) is 0 Å². The molecule has 7 nitrogen and oxygen atoms in total. The lowest BCUT2D eigenvalue weighted by Crippen LogP contribution is -2.41. The molecule has 1 aliphatic rings. The van der Waals surface area contributed by atoms with Crippen LogP contribution >= 0.6 is 11.6 Å². The summed E-state index contributed by atoms with van der Waals surface area (Å²) in [6, 6.07) is 4.58. The highest BCUT2D eigenvalue weighted by atomic mass is 35.5. The molecule has 0 bridgehead atoms. The van der Waals surface area contributed by atoms with Crippen molar-refractivity contribution in [3.63, 3.8) is 0 Å². The fourth-order valence-electron chi connectivity index (χ4n) is 2.72. The van der Waals surface area contributed by atoms with Crippen LogP contribution in [0.25, 0.3) is 6.08 Å². The molecule has 1 aliphatic heterocycles. The molecule has 0 saturated carbocycles. The third-order valence-corrected chi connectivity index (χ3v) is 5.21. The Morgan fingerprint density at radius 1 is 1.20 bits per heavy atom. The zero-order valence-corrected chi connectivity index (χ0v) is 19.2. The van der Waals surface area contributed by atoms with Crippen molar-refractivity contribution in [2.75, 3.05) is 6.54 Å². The van der Waals surface area contributed by atoms with Crippen LogP contribution < -0.4 is 5.32 Å². The van der Waals surface area contributed by atoms with Crippen LogP contribution in [0.2, 0.25) is 5.02 Å². The molecule has 0 aromatic heterocycles. The Hall–Kier alpha value is -2.03. The average molecular weight is 438 g/mol. The van der Waals surface area contributed by atoms with Gasteiger partial charge in [0.25, 0.3) is 0 Å². The zero-order valence-electron chi connectivity index (χ0n) is 18.5. The molecule has 1 fully saturated rings. The molecule has 1 aromatic carbocycles. The minimum Gasteiger partial charge on any atom is -0.478 e. The average Bonchev–Trinajstić information content (AvgIpc) is 2.78. The minimum atomic E-state index is -1.11. The van der Waals surface area contributed by atoms with E-state index in [1.54, 1.807) is 39.0 Å². The first-order valence-electron chi connectivity index (χ1n) is 9.67. The third-order valence-electron chi connectivity index (χ3n) is 4.98. The van der Waals surface area contributed by atoms with E-state index in [2.05, 4.69) is 5.32 Å². The van der Waals surface area contributed by atoms with Crippen LogP contribution in [0, 0.1) is 0 Å². The number of amides is 1. The topological polar surface area (TPSA) is 94.1 Å². The molecule has 1 amide bonds. The van der Waals surface area contributed by atoms with Gasteiger partial charge in [0.1, 0.15) is 5.60 Å². The molecule has 9 heteroatoms. The molecular formula is C21H29BClNO6. The van der Waals surface area contributed by atoms with E-state index in [0.29, 0.717) is 16.1 Å². The van der Waals surface area contributed by atoms with E-state index in [0.717, 1.165) is 0 Å². The number of carboxylic acids is 1. The van der Waals surface area contributed by atoms with Crippen LogP contribution in [0.3, 0.4) is 0 Å². The first-order valence-corrected chi connectivity index (χ1v) is 10.0. The smallest absolute Gasteiger partial charge is 0.478 e. The van der Waals surface area contributed by atoms with Crippen LogP contribution in [-0.2, 0) is 14.0 Å². The van der Waals surface area contributed by atoms with Crippen molar-refractivity contribution >= 4 is 36.9 Å². The molecule has 0 radical (unpaired) electrons. The maximum absolute atomic E-state index is 12.2. The largest absolute Gasteiger partial charge is 0.492 e. The van der Waals surface area contributed by atoms with Gasteiger partial charge in [0.05, 0.1) is 16.8 Å². The summed E-state index contributed by atoms with van der Waals surface area (Å²) in [5, 5.41) is 12.5. The number of hydrogen-bond acceptors (Lipinski definition) is 5. The van der Waals surface area contributed by atoms with Gasteiger partial charge >= 0.3 is 19.2 Å². The molecule has 1 heterocycles. The Kier molecular flexibility index (Phi) is 6.96. The number of carbonyl (C=O) groups excluding carboxylic acids is 1. The summed E-state index contributed by atoms with van der Waals surface area (Å²) in [7, 11) is -0.776. The molecule has 2 N–H and O–H groups in total. The highest BCUT2D eigenvalue weighted by Crippen LogP contribution is 2.39. The van der Waals surface area contributed by atoms with Gasteiger partial charge in [0.2, 0.25) is 0 Å². The van der Waals surface area contributed by atoms with Gasteiger partial charge in [-0.25, -0.2) is 9.59 Å². The number of alkyl carbamates (subject to hydrolysis) is 1. The number of carbonyl (C=O) groups is 2. The van der Waals surface area contributed by atoms with E-state index < -0.39 is 36.0 Å². The van der Waals surface area contributed by atoms with Gasteiger partial charge in [-0.1, -0.05) is 23.7 Å². The monoisotopic (exact) mass is 437 g/mol. The number of rotatable bonds is 5. The molecular weight excluding hydrogens is 408 g/mol. The summed E-state index contributed by atoms with van der Waals surface area (Å²) < 4.78 is 17.5. The molecule has 0 unspecified atom stereocenters. The lowest BCUT2D eigenvalue weighted by Gasteiger charge is -2.32. The first-order chi connectivity index (χ1) is 13.6. The van der Waals surface area contributed by atoms with Gasteiger partial charge in [-0.15, -0.1) is 0 Å². The van der Waals surface area contributed by atoms with Crippen LogP contribution in [0.15, 0.2) is 23.7 Å². The van der Waals surface area contributed by atoms with Crippen LogP contribution in [0.4, 0.5) is 4.79 Å². The molecule has 164 valence electrons. The van der Waals surface area contributed by atoms with Gasteiger partial charge in [0.15, 0.2) is 0 Å². The molecule has 0 spiro atoms. The summed E-state index contributed by atoms with van der Waals surface area (Å²) in [6.07, 6.45) is 1.04. The number of nitrogens with one attached hydrogen (secondary N) is 1. The van der Waals surface area contributed by atoms with Crippen molar-refractivity contribution in [1.82, 2.24) is 5.32 Å². The number of hydrogen-bond donors (Lipinski definition) is 2. The van der Waals surface area contributed by atoms with Crippen molar-refractivity contribution in [3.05, 3.63) is 39.8 Å². The predicted octanol–water partition coefficient (Wildman–Crippen LogP) is 4.58. The summed E-state index contributed by atoms with van der Waals surface area (Å²) in [5.41, 5.74) is -0.845. The highest BCUT2D eigenvalue weighted by molar-refractivity contribution is 6.56. The van der Waals surface area contributed by atoms with Gasteiger partial charge in [-0.2, -0.15) is 0 Å². The Bertz CT molecular complexity index is 844. The predicted molar refractivity (Wildman–Crippen MR) is 117 cm³/mol. The maximum atomic E-state index is 12.2. The van der Waals surface area contributed by atoms with Crippen LogP contribution in [0.1, 0.15) is 64.4 Å². The Morgan fingerprint density at radius 2 is 1.77 bits per heavy atom. The van der Waals surface area contributed by atoms with E-state index in [9.17, 15) is 14.7 Å². The maximum Gasteiger partial charge on any atom is 0.492 e. The van der Waals surface area contributed by atoms with Crippen molar-refractivity contribution in [2.24, 2.45) is 0 Å². The fraction of sp³-hybridized carbons (Fsp3) is 0.524. The lowest BCUT2D eigenvalue weighted by atomic mass is 9.76. The molecule has 1 saturated heterocycles. The van der Waals surface area contributed by atoms with Crippen LogP contribution in [-0.4, -0.2) is 47.6 Å². The number of halogens is 1. The van der Waals surface area contributed by atoms with Crippen molar-refractivity contribution < 1.29 is 28.7 Å². The number of benzene rings is 1. The third kappa shape index (κ3) is 6.00. The molecule has 0 aliphatic carbocycles.